The minimum atomic E-state index is -0.268. The van der Waals surface area contributed by atoms with Crippen LogP contribution >= 0.6 is 0 Å². The van der Waals surface area contributed by atoms with Gasteiger partial charge in [-0.2, -0.15) is 0 Å². The van der Waals surface area contributed by atoms with Crippen LogP contribution in [0.4, 0.5) is 0 Å². The highest BCUT2D eigenvalue weighted by Gasteiger charge is 2.72. The van der Waals surface area contributed by atoms with Crippen molar-refractivity contribution >= 4 is 17.8 Å². The van der Waals surface area contributed by atoms with Crippen LogP contribution in [0.1, 0.15) is 158 Å². The summed E-state index contributed by atoms with van der Waals surface area (Å²) < 4.78 is 10.7. The second kappa shape index (κ2) is 14.0. The van der Waals surface area contributed by atoms with Gasteiger partial charge in [0.1, 0.15) is 6.10 Å². The van der Waals surface area contributed by atoms with Crippen molar-refractivity contribution in [1.29, 1.82) is 0 Å². The van der Waals surface area contributed by atoms with Crippen LogP contribution in [0.25, 0.3) is 0 Å². The van der Waals surface area contributed by atoms with Crippen molar-refractivity contribution in [2.75, 3.05) is 13.7 Å². The average Bonchev–Trinajstić information content (AvgIpc) is 3.43. The Balaban J connectivity index is 1.28. The standard InChI is InChI=1S/C42H69NO5/c1-28(2)30-19-24-42(37(46)43-27-15-13-11-10-12-14-16-35(45)47-9)26-25-40(7)31(36(30)42)17-18-33-39(6)22-21-34(48-29(3)44)38(4,5)32(39)20-23-41(33,40)8/h30-34,36H,1,10-27H2,2-9H3,(H,43,46)/t30-,31+,32-,33+,34-,36+,39-,40+,41+,42-/m0/s1. The summed E-state index contributed by atoms with van der Waals surface area (Å²) in [6.45, 7) is 21.7. The van der Waals surface area contributed by atoms with E-state index in [1.165, 1.54) is 38.4 Å². The van der Waals surface area contributed by atoms with Crippen LogP contribution < -0.4 is 5.32 Å². The summed E-state index contributed by atoms with van der Waals surface area (Å²) in [6.07, 6.45) is 18.1. The number of allylic oxidation sites excluding steroid dienone is 1. The second-order valence-electron chi connectivity index (χ2n) is 18.5. The lowest BCUT2D eigenvalue weighted by Crippen LogP contribution is -2.67. The molecular formula is C42H69NO5. The Bertz CT molecular complexity index is 1230. The number of carbonyl (C=O) groups is 3. The number of amides is 1. The minimum absolute atomic E-state index is 0.00557. The van der Waals surface area contributed by atoms with Gasteiger partial charge in [-0.25, -0.2) is 0 Å². The highest BCUT2D eigenvalue weighted by Crippen LogP contribution is 2.77. The van der Waals surface area contributed by atoms with Gasteiger partial charge in [-0.1, -0.05) is 72.5 Å². The molecule has 0 radical (unpaired) electrons. The summed E-state index contributed by atoms with van der Waals surface area (Å²) in [4.78, 5) is 37.8. The first-order valence-corrected chi connectivity index (χ1v) is 19.8. The Hall–Kier alpha value is -1.85. The van der Waals surface area contributed by atoms with Gasteiger partial charge in [-0.15, -0.1) is 0 Å². The summed E-state index contributed by atoms with van der Waals surface area (Å²) in [5.74, 6) is 2.60. The Morgan fingerprint density at radius 2 is 1.44 bits per heavy atom. The van der Waals surface area contributed by atoms with Gasteiger partial charge < -0.3 is 14.8 Å². The van der Waals surface area contributed by atoms with E-state index < -0.39 is 0 Å². The van der Waals surface area contributed by atoms with E-state index >= 15 is 0 Å². The number of esters is 2. The highest BCUT2D eigenvalue weighted by atomic mass is 16.5. The van der Waals surface area contributed by atoms with E-state index in [9.17, 15) is 14.4 Å². The largest absolute Gasteiger partial charge is 0.469 e. The Kier molecular flexibility index (Phi) is 10.9. The molecule has 0 heterocycles. The summed E-state index contributed by atoms with van der Waals surface area (Å²) >= 11 is 0. The first-order valence-electron chi connectivity index (χ1n) is 19.8. The molecule has 6 heteroatoms. The van der Waals surface area contributed by atoms with E-state index in [4.69, 9.17) is 9.47 Å². The van der Waals surface area contributed by atoms with Gasteiger partial charge in [0.05, 0.1) is 12.5 Å². The fraction of sp³-hybridized carbons (Fsp3) is 0.881. The number of rotatable bonds is 12. The number of hydrogen-bond donors (Lipinski definition) is 1. The zero-order valence-electron chi connectivity index (χ0n) is 31.9. The van der Waals surface area contributed by atoms with Gasteiger partial charge in [0.15, 0.2) is 0 Å². The number of unbranched alkanes of at least 4 members (excludes halogenated alkanes) is 5. The Labute approximate surface area is 292 Å². The van der Waals surface area contributed by atoms with Crippen molar-refractivity contribution in [2.24, 2.45) is 56.7 Å². The molecule has 0 saturated heterocycles. The topological polar surface area (TPSA) is 81.7 Å². The van der Waals surface area contributed by atoms with E-state index in [0.717, 1.165) is 83.6 Å². The number of carbonyl (C=O) groups excluding carboxylic acids is 3. The number of methoxy groups -OCH3 is 1. The van der Waals surface area contributed by atoms with E-state index in [1.54, 1.807) is 6.92 Å². The quantitative estimate of drug-likeness (QED) is 0.127. The van der Waals surface area contributed by atoms with Crippen molar-refractivity contribution in [3.8, 4) is 0 Å². The summed E-state index contributed by atoms with van der Waals surface area (Å²) in [5, 5.41) is 3.48. The third-order valence-electron chi connectivity index (χ3n) is 16.1. The number of ether oxygens (including phenoxy) is 2. The molecule has 0 unspecified atom stereocenters. The Morgan fingerprint density at radius 1 is 0.750 bits per heavy atom. The van der Waals surface area contributed by atoms with E-state index in [-0.39, 0.29) is 45.1 Å². The molecule has 1 N–H and O–H groups in total. The molecule has 1 amide bonds. The van der Waals surface area contributed by atoms with Gasteiger partial charge in [0, 0.05) is 25.3 Å². The monoisotopic (exact) mass is 668 g/mol. The predicted molar refractivity (Wildman–Crippen MR) is 192 cm³/mol. The smallest absolute Gasteiger partial charge is 0.305 e. The van der Waals surface area contributed by atoms with Gasteiger partial charge in [-0.05, 0) is 130 Å². The molecule has 5 aliphatic rings. The molecule has 0 aromatic heterocycles. The van der Waals surface area contributed by atoms with E-state index in [1.807, 2.05) is 0 Å². The van der Waals surface area contributed by atoms with E-state index in [0.29, 0.717) is 41.9 Å². The maximum absolute atomic E-state index is 14.4. The Morgan fingerprint density at radius 3 is 2.10 bits per heavy atom. The van der Waals surface area contributed by atoms with Crippen molar-refractivity contribution in [3.05, 3.63) is 12.2 Å². The third-order valence-corrected chi connectivity index (χ3v) is 16.1. The molecule has 5 fully saturated rings. The zero-order valence-corrected chi connectivity index (χ0v) is 31.9. The fourth-order valence-electron chi connectivity index (χ4n) is 13.5. The third kappa shape index (κ3) is 6.20. The van der Waals surface area contributed by atoms with Crippen LogP contribution in [0.5, 0.6) is 0 Å². The number of hydrogen-bond acceptors (Lipinski definition) is 5. The number of fused-ring (bicyclic) bond motifs is 7. The maximum atomic E-state index is 14.4. The van der Waals surface area contributed by atoms with Crippen molar-refractivity contribution in [1.82, 2.24) is 5.32 Å². The summed E-state index contributed by atoms with van der Waals surface area (Å²) in [7, 11) is 1.45. The lowest BCUT2D eigenvalue weighted by Gasteiger charge is -2.72. The van der Waals surface area contributed by atoms with Crippen LogP contribution in [-0.2, 0) is 23.9 Å². The molecule has 6 nitrogen and oxygen atoms in total. The normalized spacial score (nSPS) is 41.2. The summed E-state index contributed by atoms with van der Waals surface area (Å²) in [5.41, 5.74) is 1.64. The first kappa shape index (κ1) is 37.4. The van der Waals surface area contributed by atoms with Crippen molar-refractivity contribution in [2.45, 2.75) is 164 Å². The van der Waals surface area contributed by atoms with Gasteiger partial charge in [0.2, 0.25) is 5.91 Å². The molecule has 272 valence electrons. The fourth-order valence-corrected chi connectivity index (χ4v) is 13.5. The predicted octanol–water partition coefficient (Wildman–Crippen LogP) is 9.60. The summed E-state index contributed by atoms with van der Waals surface area (Å²) in [6, 6.07) is 0. The van der Waals surface area contributed by atoms with E-state index in [2.05, 4.69) is 53.4 Å². The molecule has 0 aromatic rings. The SMILES string of the molecule is C=C(C)[C@@H]1CC[C@]2(C(=O)NCCCCCCCCC(=O)OC)CC[C@]3(C)[C@H](CC[C@@H]4[C@@]5(C)CC[C@H](OC(C)=O)C(C)(C)[C@@H]5CC[C@]43C)[C@@H]12. The molecular weight excluding hydrogens is 598 g/mol. The first-order chi connectivity index (χ1) is 22.6. The van der Waals surface area contributed by atoms with Crippen LogP contribution in [0.15, 0.2) is 12.2 Å². The van der Waals surface area contributed by atoms with Gasteiger partial charge in [0.25, 0.3) is 0 Å². The average molecular weight is 668 g/mol. The maximum Gasteiger partial charge on any atom is 0.305 e. The molecule has 0 aliphatic heterocycles. The second-order valence-corrected chi connectivity index (χ2v) is 18.5. The van der Waals surface area contributed by atoms with Crippen LogP contribution in [0.2, 0.25) is 0 Å². The van der Waals surface area contributed by atoms with Gasteiger partial charge >= 0.3 is 11.9 Å². The highest BCUT2D eigenvalue weighted by molar-refractivity contribution is 5.84. The number of nitrogens with one attached hydrogen (secondary N) is 1. The molecule has 0 aromatic carbocycles. The van der Waals surface area contributed by atoms with Crippen molar-refractivity contribution in [3.63, 3.8) is 0 Å². The molecule has 0 spiro atoms. The zero-order chi connectivity index (χ0) is 35.1. The lowest BCUT2D eigenvalue weighted by atomic mass is 9.32. The lowest BCUT2D eigenvalue weighted by molar-refractivity contribution is -0.248. The molecule has 5 aliphatic carbocycles. The van der Waals surface area contributed by atoms with Crippen LogP contribution in [0.3, 0.4) is 0 Å². The van der Waals surface area contributed by atoms with Gasteiger partial charge in [-0.3, -0.25) is 14.4 Å². The van der Waals surface area contributed by atoms with Crippen LogP contribution in [-0.4, -0.2) is 37.6 Å². The minimum Gasteiger partial charge on any atom is -0.469 e. The molecule has 48 heavy (non-hydrogen) atoms. The van der Waals surface area contributed by atoms with Crippen molar-refractivity contribution < 1.29 is 23.9 Å². The molecule has 10 atom stereocenters. The molecule has 5 saturated carbocycles. The molecule has 5 rings (SSSR count). The molecule has 0 bridgehead atoms. The van der Waals surface area contributed by atoms with Crippen LogP contribution in [0, 0.1) is 56.7 Å².